The highest BCUT2D eigenvalue weighted by Crippen LogP contribution is 2.19. The van der Waals surface area contributed by atoms with E-state index < -0.39 is 5.91 Å². The first-order chi connectivity index (χ1) is 7.69. The van der Waals surface area contributed by atoms with Crippen molar-refractivity contribution in [3.63, 3.8) is 0 Å². The Morgan fingerprint density at radius 2 is 2.19 bits per heavy atom. The van der Waals surface area contributed by atoms with Crippen LogP contribution in [-0.4, -0.2) is 12.0 Å². The molecule has 1 amide bonds. The standard InChI is InChI=1S/C12H12ClNO2/c1-3-6-9(2)16-11-8-5-4-7-10(11)12(15)14-13/h4-5,7-9H,1-2H3,(H,14,15)/t9-/m0/s1. The Hall–Kier alpha value is -1.66. The summed E-state index contributed by atoms with van der Waals surface area (Å²) in [7, 11) is 0. The summed E-state index contributed by atoms with van der Waals surface area (Å²) in [4.78, 5) is 13.5. The van der Waals surface area contributed by atoms with Crippen molar-refractivity contribution in [2.24, 2.45) is 0 Å². The molecule has 0 spiro atoms. The Labute approximate surface area is 99.9 Å². The Kier molecular flexibility index (Phi) is 4.68. The van der Waals surface area contributed by atoms with Crippen LogP contribution in [0.2, 0.25) is 0 Å². The van der Waals surface area contributed by atoms with E-state index in [1.165, 1.54) is 0 Å². The average molecular weight is 238 g/mol. The third-order valence-electron chi connectivity index (χ3n) is 1.87. The summed E-state index contributed by atoms with van der Waals surface area (Å²) in [6.07, 6.45) is -0.269. The lowest BCUT2D eigenvalue weighted by Gasteiger charge is -2.12. The number of para-hydroxylation sites is 1. The summed E-state index contributed by atoms with van der Waals surface area (Å²) < 4.78 is 5.52. The van der Waals surface area contributed by atoms with E-state index in [2.05, 4.69) is 11.8 Å². The smallest absolute Gasteiger partial charge is 0.269 e. The Morgan fingerprint density at radius 3 is 2.81 bits per heavy atom. The molecule has 0 aliphatic rings. The summed E-state index contributed by atoms with van der Waals surface area (Å²) in [5.74, 6) is 5.66. The Morgan fingerprint density at radius 1 is 1.50 bits per heavy atom. The Bertz CT molecular complexity index is 434. The molecule has 84 valence electrons. The van der Waals surface area contributed by atoms with Crippen LogP contribution in [0.4, 0.5) is 0 Å². The van der Waals surface area contributed by atoms with Crippen molar-refractivity contribution in [2.75, 3.05) is 0 Å². The molecule has 1 rings (SSSR count). The molecule has 3 nitrogen and oxygen atoms in total. The SMILES string of the molecule is CC#C[C@H](C)Oc1ccccc1C(=O)NCl. The van der Waals surface area contributed by atoms with Crippen LogP contribution in [0.3, 0.4) is 0 Å². The number of benzene rings is 1. The van der Waals surface area contributed by atoms with Gasteiger partial charge in [0.05, 0.1) is 5.56 Å². The second-order valence-electron chi connectivity index (χ2n) is 3.07. The maximum atomic E-state index is 11.4. The number of amides is 1. The van der Waals surface area contributed by atoms with E-state index in [0.717, 1.165) is 0 Å². The van der Waals surface area contributed by atoms with Gasteiger partial charge in [0.2, 0.25) is 0 Å². The van der Waals surface area contributed by atoms with Gasteiger partial charge in [0.15, 0.2) is 6.10 Å². The monoisotopic (exact) mass is 237 g/mol. The first-order valence-electron chi connectivity index (χ1n) is 4.78. The first kappa shape index (κ1) is 12.4. The number of hydrogen-bond acceptors (Lipinski definition) is 2. The number of ether oxygens (including phenoxy) is 1. The van der Waals surface area contributed by atoms with Crippen molar-refractivity contribution in [2.45, 2.75) is 20.0 Å². The maximum Gasteiger partial charge on any atom is 0.269 e. The van der Waals surface area contributed by atoms with Gasteiger partial charge < -0.3 is 4.74 Å². The maximum absolute atomic E-state index is 11.4. The fourth-order valence-corrected chi connectivity index (χ4v) is 1.33. The molecule has 0 radical (unpaired) electrons. The van der Waals surface area contributed by atoms with Gasteiger partial charge in [0.1, 0.15) is 5.75 Å². The second kappa shape index (κ2) is 6.04. The largest absolute Gasteiger partial charge is 0.477 e. The van der Waals surface area contributed by atoms with E-state index in [-0.39, 0.29) is 6.10 Å². The zero-order chi connectivity index (χ0) is 12.0. The topological polar surface area (TPSA) is 38.3 Å². The normalized spacial score (nSPS) is 10.9. The van der Waals surface area contributed by atoms with E-state index in [1.807, 2.05) is 11.8 Å². The minimum Gasteiger partial charge on any atom is -0.477 e. The molecule has 0 aliphatic carbocycles. The lowest BCUT2D eigenvalue weighted by Crippen LogP contribution is -2.16. The molecule has 0 fully saturated rings. The minimum atomic E-state index is -0.395. The van der Waals surface area contributed by atoms with Gasteiger partial charge in [-0.05, 0) is 26.0 Å². The molecule has 0 unspecified atom stereocenters. The molecular formula is C12H12ClNO2. The number of hydrogen-bond donors (Lipinski definition) is 1. The number of rotatable bonds is 3. The Balaban J connectivity index is 2.93. The van der Waals surface area contributed by atoms with E-state index in [1.54, 1.807) is 31.2 Å². The number of carbonyl (C=O) groups excluding carboxylic acids is 1. The third kappa shape index (κ3) is 3.18. The van der Waals surface area contributed by atoms with Gasteiger partial charge in [-0.1, -0.05) is 18.1 Å². The minimum absolute atomic E-state index is 0.269. The molecule has 16 heavy (non-hydrogen) atoms. The van der Waals surface area contributed by atoms with E-state index in [9.17, 15) is 4.79 Å². The third-order valence-corrected chi connectivity index (χ3v) is 2.04. The molecule has 1 N–H and O–H groups in total. The molecule has 0 aromatic heterocycles. The molecular weight excluding hydrogens is 226 g/mol. The molecule has 0 saturated heterocycles. The lowest BCUT2D eigenvalue weighted by atomic mass is 10.2. The van der Waals surface area contributed by atoms with Crippen LogP contribution < -0.4 is 9.57 Å². The molecule has 0 saturated carbocycles. The molecule has 0 bridgehead atoms. The van der Waals surface area contributed by atoms with Crippen molar-refractivity contribution in [1.29, 1.82) is 0 Å². The van der Waals surface area contributed by atoms with E-state index in [4.69, 9.17) is 16.5 Å². The zero-order valence-corrected chi connectivity index (χ0v) is 9.84. The highest BCUT2D eigenvalue weighted by molar-refractivity contribution is 6.24. The van der Waals surface area contributed by atoms with Crippen molar-refractivity contribution < 1.29 is 9.53 Å². The quantitative estimate of drug-likeness (QED) is 0.648. The lowest BCUT2D eigenvalue weighted by molar-refractivity contribution is 0.0977. The van der Waals surface area contributed by atoms with Crippen molar-refractivity contribution in [3.8, 4) is 17.6 Å². The molecule has 1 atom stereocenters. The van der Waals surface area contributed by atoms with Gasteiger partial charge in [-0.15, -0.1) is 5.92 Å². The molecule has 4 heteroatoms. The van der Waals surface area contributed by atoms with Crippen molar-refractivity contribution in [1.82, 2.24) is 4.84 Å². The number of carbonyl (C=O) groups is 1. The highest BCUT2D eigenvalue weighted by Gasteiger charge is 2.12. The van der Waals surface area contributed by atoms with E-state index >= 15 is 0 Å². The predicted molar refractivity (Wildman–Crippen MR) is 63.3 cm³/mol. The van der Waals surface area contributed by atoms with Gasteiger partial charge in [-0.3, -0.25) is 9.63 Å². The molecule has 1 aromatic carbocycles. The molecule has 1 aromatic rings. The van der Waals surface area contributed by atoms with Gasteiger partial charge in [0, 0.05) is 11.8 Å². The summed E-state index contributed by atoms with van der Waals surface area (Å²) in [6, 6.07) is 6.87. The average Bonchev–Trinajstić information content (AvgIpc) is 2.29. The van der Waals surface area contributed by atoms with Crippen LogP contribution in [0.5, 0.6) is 5.75 Å². The van der Waals surface area contributed by atoms with Crippen LogP contribution >= 0.6 is 11.8 Å². The molecule has 0 aliphatic heterocycles. The summed E-state index contributed by atoms with van der Waals surface area (Å²) in [5, 5.41) is 0. The van der Waals surface area contributed by atoms with Gasteiger partial charge in [-0.25, -0.2) is 0 Å². The van der Waals surface area contributed by atoms with Crippen LogP contribution in [0, 0.1) is 11.8 Å². The van der Waals surface area contributed by atoms with Crippen molar-refractivity contribution in [3.05, 3.63) is 29.8 Å². The van der Waals surface area contributed by atoms with Crippen LogP contribution in [0.1, 0.15) is 24.2 Å². The summed E-state index contributed by atoms with van der Waals surface area (Å²) in [6.45, 7) is 3.54. The van der Waals surface area contributed by atoms with Gasteiger partial charge in [0.25, 0.3) is 5.91 Å². The predicted octanol–water partition coefficient (Wildman–Crippen LogP) is 2.36. The summed E-state index contributed by atoms with van der Waals surface area (Å²) in [5.41, 5.74) is 0.391. The van der Waals surface area contributed by atoms with Crippen molar-refractivity contribution >= 4 is 17.7 Å². The van der Waals surface area contributed by atoms with Crippen LogP contribution in [0.25, 0.3) is 0 Å². The van der Waals surface area contributed by atoms with Gasteiger partial charge in [-0.2, -0.15) is 0 Å². The summed E-state index contributed by atoms with van der Waals surface area (Å²) >= 11 is 5.27. The highest BCUT2D eigenvalue weighted by atomic mass is 35.5. The fraction of sp³-hybridized carbons (Fsp3) is 0.250. The number of halogens is 1. The van der Waals surface area contributed by atoms with Gasteiger partial charge >= 0.3 is 0 Å². The van der Waals surface area contributed by atoms with Crippen LogP contribution in [0.15, 0.2) is 24.3 Å². The van der Waals surface area contributed by atoms with Crippen LogP contribution in [-0.2, 0) is 0 Å². The first-order valence-corrected chi connectivity index (χ1v) is 5.15. The zero-order valence-electron chi connectivity index (χ0n) is 9.08. The number of nitrogens with one attached hydrogen (secondary N) is 1. The second-order valence-corrected chi connectivity index (χ2v) is 3.26. The molecule has 0 heterocycles. The van der Waals surface area contributed by atoms with E-state index in [0.29, 0.717) is 11.3 Å². The fourth-order valence-electron chi connectivity index (χ4n) is 1.23.